The number of carbonyl (C=O) groups excluding carboxylic acids is 1. The van der Waals surface area contributed by atoms with E-state index in [-0.39, 0.29) is 46.1 Å². The van der Waals surface area contributed by atoms with Gasteiger partial charge in [-0.05, 0) is 65.2 Å². The average Bonchev–Trinajstić information content (AvgIpc) is 3.33. The standard InChI is InChI=1S/C32H28BrN3O8S/c1-5-43-31(38)28-18(2)34-32-35(29(28)20-11-12-24(41-3)22(33)13-20)30(37)27(45-32)15-21-14-25(42-4)26(16-23(21)36(39)40)44-17-19-9-7-6-8-10-19/h6-16,29H,5,17H2,1-4H3/b27-15+/t29-/m0/s1. The van der Waals surface area contributed by atoms with Gasteiger partial charge in [-0.2, -0.15) is 0 Å². The molecule has 13 heteroatoms. The molecule has 0 unspecified atom stereocenters. The zero-order valence-corrected chi connectivity index (χ0v) is 27.1. The number of aromatic nitrogens is 1. The van der Waals surface area contributed by atoms with Crippen molar-refractivity contribution in [2.75, 3.05) is 20.8 Å². The highest BCUT2D eigenvalue weighted by Crippen LogP contribution is 2.37. The number of fused-ring (bicyclic) bond motifs is 1. The summed E-state index contributed by atoms with van der Waals surface area (Å²) in [5, 5.41) is 12.2. The highest BCUT2D eigenvalue weighted by atomic mass is 79.9. The van der Waals surface area contributed by atoms with Crippen molar-refractivity contribution in [3.63, 3.8) is 0 Å². The fourth-order valence-corrected chi connectivity index (χ4v) is 6.54. The lowest BCUT2D eigenvalue weighted by atomic mass is 9.96. The summed E-state index contributed by atoms with van der Waals surface area (Å²) in [5.41, 5.74) is 1.47. The van der Waals surface area contributed by atoms with Gasteiger partial charge in [0.15, 0.2) is 16.3 Å². The number of benzene rings is 3. The monoisotopic (exact) mass is 693 g/mol. The average molecular weight is 695 g/mol. The van der Waals surface area contributed by atoms with E-state index < -0.39 is 22.5 Å². The maximum absolute atomic E-state index is 14.0. The molecule has 0 saturated carbocycles. The first-order valence-corrected chi connectivity index (χ1v) is 15.3. The molecule has 1 aliphatic rings. The SMILES string of the molecule is CCOC(=O)C1=C(C)N=c2s/c(=C/c3cc(OC)c(OCc4ccccc4)cc3[N+](=O)[O-])c(=O)n2[C@H]1c1ccc(OC)c(Br)c1. The van der Waals surface area contributed by atoms with Gasteiger partial charge >= 0.3 is 5.97 Å². The fraction of sp³-hybridized carbons (Fsp3) is 0.219. The lowest BCUT2D eigenvalue weighted by molar-refractivity contribution is -0.385. The first kappa shape index (κ1) is 31.7. The van der Waals surface area contributed by atoms with Crippen LogP contribution in [-0.2, 0) is 16.1 Å². The van der Waals surface area contributed by atoms with Crippen molar-refractivity contribution >= 4 is 45.0 Å². The number of hydrogen-bond acceptors (Lipinski definition) is 10. The third kappa shape index (κ3) is 6.40. The molecule has 0 spiro atoms. The van der Waals surface area contributed by atoms with Gasteiger partial charge in [0.2, 0.25) is 0 Å². The Bertz CT molecular complexity index is 2000. The Morgan fingerprint density at radius 3 is 2.47 bits per heavy atom. The van der Waals surface area contributed by atoms with Crippen LogP contribution in [0, 0.1) is 10.1 Å². The second-order valence-corrected chi connectivity index (χ2v) is 11.7. The molecule has 2 heterocycles. The van der Waals surface area contributed by atoms with Crippen molar-refractivity contribution in [1.29, 1.82) is 0 Å². The molecule has 0 radical (unpaired) electrons. The molecule has 5 rings (SSSR count). The van der Waals surface area contributed by atoms with Crippen LogP contribution in [0.3, 0.4) is 0 Å². The van der Waals surface area contributed by atoms with E-state index in [9.17, 15) is 19.7 Å². The Morgan fingerprint density at radius 1 is 1.09 bits per heavy atom. The molecular weight excluding hydrogens is 666 g/mol. The second-order valence-electron chi connectivity index (χ2n) is 9.79. The minimum atomic E-state index is -0.872. The van der Waals surface area contributed by atoms with Crippen LogP contribution in [-0.4, -0.2) is 36.3 Å². The number of nitro groups is 1. The largest absolute Gasteiger partial charge is 0.496 e. The van der Waals surface area contributed by atoms with E-state index in [1.54, 1.807) is 32.0 Å². The number of nitro benzene ring substituents is 1. The predicted octanol–water partition coefficient (Wildman–Crippen LogP) is 5.07. The molecule has 1 aliphatic heterocycles. The summed E-state index contributed by atoms with van der Waals surface area (Å²) in [7, 11) is 2.97. The van der Waals surface area contributed by atoms with Crippen molar-refractivity contribution in [3.05, 3.63) is 123 Å². The Hall–Kier alpha value is -4.75. The highest BCUT2D eigenvalue weighted by Gasteiger charge is 2.34. The van der Waals surface area contributed by atoms with E-state index in [1.165, 1.54) is 37.0 Å². The second kappa shape index (κ2) is 13.5. The Balaban J connectivity index is 1.66. The predicted molar refractivity (Wildman–Crippen MR) is 172 cm³/mol. The lowest BCUT2D eigenvalue weighted by Gasteiger charge is -2.25. The van der Waals surface area contributed by atoms with Gasteiger partial charge in [0.1, 0.15) is 12.4 Å². The van der Waals surface area contributed by atoms with Crippen molar-refractivity contribution < 1.29 is 28.7 Å². The van der Waals surface area contributed by atoms with Crippen LogP contribution in [0.1, 0.15) is 36.6 Å². The van der Waals surface area contributed by atoms with E-state index in [2.05, 4.69) is 20.9 Å². The number of nitrogens with zero attached hydrogens (tertiary/aromatic N) is 3. The van der Waals surface area contributed by atoms with Gasteiger partial charge in [-0.15, -0.1) is 0 Å². The Kier molecular flexibility index (Phi) is 9.49. The van der Waals surface area contributed by atoms with Crippen LogP contribution in [0.4, 0.5) is 5.69 Å². The van der Waals surface area contributed by atoms with Crippen LogP contribution in [0.15, 0.2) is 86.2 Å². The molecule has 45 heavy (non-hydrogen) atoms. The first-order chi connectivity index (χ1) is 21.7. The minimum Gasteiger partial charge on any atom is -0.496 e. The quantitative estimate of drug-likeness (QED) is 0.128. The normalized spacial score (nSPS) is 14.4. The van der Waals surface area contributed by atoms with E-state index in [1.807, 2.05) is 30.3 Å². The fourth-order valence-electron chi connectivity index (χ4n) is 4.95. The van der Waals surface area contributed by atoms with Gasteiger partial charge in [-0.3, -0.25) is 19.5 Å². The van der Waals surface area contributed by atoms with Crippen LogP contribution >= 0.6 is 27.3 Å². The van der Waals surface area contributed by atoms with E-state index in [0.717, 1.165) is 16.9 Å². The molecule has 1 aromatic heterocycles. The molecule has 0 saturated heterocycles. The van der Waals surface area contributed by atoms with E-state index in [4.69, 9.17) is 18.9 Å². The minimum absolute atomic E-state index is 0.135. The molecule has 3 aromatic carbocycles. The number of ether oxygens (including phenoxy) is 4. The summed E-state index contributed by atoms with van der Waals surface area (Å²) in [6.45, 7) is 3.69. The number of hydrogen-bond donors (Lipinski definition) is 0. The number of carbonyl (C=O) groups is 1. The molecule has 232 valence electrons. The van der Waals surface area contributed by atoms with Crippen LogP contribution in [0.5, 0.6) is 17.2 Å². The van der Waals surface area contributed by atoms with Gasteiger partial charge in [0.25, 0.3) is 11.2 Å². The summed E-state index contributed by atoms with van der Waals surface area (Å²) >= 11 is 4.55. The van der Waals surface area contributed by atoms with Crippen molar-refractivity contribution in [2.45, 2.75) is 26.5 Å². The van der Waals surface area contributed by atoms with Crippen molar-refractivity contribution in [2.24, 2.45) is 4.99 Å². The summed E-state index contributed by atoms with van der Waals surface area (Å²) in [5.74, 6) is 0.418. The molecule has 1 atom stereocenters. The molecule has 11 nitrogen and oxygen atoms in total. The van der Waals surface area contributed by atoms with Crippen LogP contribution in [0.25, 0.3) is 6.08 Å². The summed E-state index contributed by atoms with van der Waals surface area (Å²) < 4.78 is 24.3. The number of thiazole rings is 1. The number of halogens is 1. The van der Waals surface area contributed by atoms with Gasteiger partial charge in [-0.25, -0.2) is 9.79 Å². The number of allylic oxidation sites excluding steroid dienone is 1. The Morgan fingerprint density at radius 2 is 1.82 bits per heavy atom. The number of esters is 1. The van der Waals surface area contributed by atoms with Gasteiger partial charge < -0.3 is 18.9 Å². The van der Waals surface area contributed by atoms with Gasteiger partial charge in [-0.1, -0.05) is 47.7 Å². The molecule has 0 bridgehead atoms. The third-order valence-electron chi connectivity index (χ3n) is 7.04. The van der Waals surface area contributed by atoms with Crippen LogP contribution in [0.2, 0.25) is 0 Å². The highest BCUT2D eigenvalue weighted by molar-refractivity contribution is 9.10. The Labute approximate surface area is 269 Å². The molecular formula is C32H28BrN3O8S. The van der Waals surface area contributed by atoms with E-state index in [0.29, 0.717) is 26.3 Å². The lowest BCUT2D eigenvalue weighted by Crippen LogP contribution is -2.40. The number of methoxy groups -OCH3 is 2. The number of rotatable bonds is 10. The van der Waals surface area contributed by atoms with Crippen LogP contribution < -0.4 is 29.1 Å². The van der Waals surface area contributed by atoms with E-state index >= 15 is 0 Å². The summed E-state index contributed by atoms with van der Waals surface area (Å²) in [4.78, 5) is 43.8. The first-order valence-electron chi connectivity index (χ1n) is 13.7. The molecule has 0 aliphatic carbocycles. The van der Waals surface area contributed by atoms with Crippen molar-refractivity contribution in [1.82, 2.24) is 4.57 Å². The smallest absolute Gasteiger partial charge is 0.338 e. The zero-order chi connectivity index (χ0) is 32.2. The topological polar surface area (TPSA) is 131 Å². The van der Waals surface area contributed by atoms with Gasteiger partial charge in [0.05, 0.1) is 63.7 Å². The summed E-state index contributed by atoms with van der Waals surface area (Å²) in [6.07, 6.45) is 1.43. The summed E-state index contributed by atoms with van der Waals surface area (Å²) in [6, 6.07) is 16.5. The molecule has 0 fully saturated rings. The van der Waals surface area contributed by atoms with Crippen molar-refractivity contribution in [3.8, 4) is 17.2 Å². The molecule has 4 aromatic rings. The molecule has 0 N–H and O–H groups in total. The van der Waals surface area contributed by atoms with Gasteiger partial charge in [0, 0.05) is 0 Å². The maximum atomic E-state index is 14.0. The molecule has 0 amide bonds. The third-order valence-corrected chi connectivity index (χ3v) is 8.64. The maximum Gasteiger partial charge on any atom is 0.338 e. The zero-order valence-electron chi connectivity index (χ0n) is 24.7.